The molecule has 1 aromatic heterocycles. The summed E-state index contributed by atoms with van der Waals surface area (Å²) in [4.78, 5) is 9.54. The first kappa shape index (κ1) is 14.0. The van der Waals surface area contributed by atoms with Crippen molar-refractivity contribution < 1.29 is 4.74 Å². The Labute approximate surface area is 125 Å². The van der Waals surface area contributed by atoms with Gasteiger partial charge in [-0.25, -0.2) is 9.97 Å². The van der Waals surface area contributed by atoms with Gasteiger partial charge in [-0.15, -0.1) is 0 Å². The summed E-state index contributed by atoms with van der Waals surface area (Å²) in [5, 5.41) is 3.37. The maximum absolute atomic E-state index is 5.42. The summed E-state index contributed by atoms with van der Waals surface area (Å²) in [6.45, 7) is 3.95. The first-order valence-electron chi connectivity index (χ1n) is 7.52. The van der Waals surface area contributed by atoms with Crippen LogP contribution in [0.2, 0.25) is 0 Å². The molecule has 1 N–H and O–H groups in total. The molecule has 0 amide bonds. The van der Waals surface area contributed by atoms with E-state index in [-0.39, 0.29) is 0 Å². The van der Waals surface area contributed by atoms with Gasteiger partial charge in [0.05, 0.1) is 12.8 Å². The van der Waals surface area contributed by atoms with Gasteiger partial charge in [0.1, 0.15) is 11.6 Å². The van der Waals surface area contributed by atoms with Crippen LogP contribution in [0.3, 0.4) is 0 Å². The zero-order valence-corrected chi connectivity index (χ0v) is 12.6. The van der Waals surface area contributed by atoms with Gasteiger partial charge < -0.3 is 10.1 Å². The molecule has 4 nitrogen and oxygen atoms in total. The molecular weight excluding hydrogens is 262 g/mol. The van der Waals surface area contributed by atoms with Crippen molar-refractivity contribution >= 4 is 0 Å². The average Bonchev–Trinajstić information content (AvgIpc) is 2.97. The van der Waals surface area contributed by atoms with Crippen LogP contribution >= 0.6 is 0 Å². The number of aromatic nitrogens is 2. The van der Waals surface area contributed by atoms with Gasteiger partial charge in [0.15, 0.2) is 0 Å². The highest BCUT2D eigenvalue weighted by atomic mass is 16.5. The number of ether oxygens (including phenoxy) is 1. The van der Waals surface area contributed by atoms with E-state index in [2.05, 4.69) is 18.3 Å². The number of rotatable bonds is 5. The number of aryl methyl sites for hydroxylation is 1. The van der Waals surface area contributed by atoms with E-state index in [4.69, 9.17) is 14.7 Å². The highest BCUT2D eigenvalue weighted by Crippen LogP contribution is 2.23. The Morgan fingerprint density at radius 1 is 1.19 bits per heavy atom. The van der Waals surface area contributed by atoms with Crippen molar-refractivity contribution in [1.29, 1.82) is 0 Å². The van der Waals surface area contributed by atoms with Gasteiger partial charge in [0.2, 0.25) is 0 Å². The van der Waals surface area contributed by atoms with Crippen molar-refractivity contribution in [3.63, 3.8) is 0 Å². The summed E-state index contributed by atoms with van der Waals surface area (Å²) in [5.74, 6) is 1.79. The van der Waals surface area contributed by atoms with Crippen LogP contribution in [0, 0.1) is 0 Å². The molecule has 0 aliphatic carbocycles. The van der Waals surface area contributed by atoms with Gasteiger partial charge in [0.25, 0.3) is 0 Å². The van der Waals surface area contributed by atoms with Crippen LogP contribution in [0.1, 0.15) is 41.7 Å². The Morgan fingerprint density at radius 3 is 2.86 bits per heavy atom. The molecule has 2 aromatic rings. The molecule has 0 radical (unpaired) electrons. The molecule has 110 valence electrons. The van der Waals surface area contributed by atoms with Crippen molar-refractivity contribution in [3.05, 3.63) is 52.6 Å². The second-order valence-electron chi connectivity index (χ2n) is 5.35. The molecule has 4 heteroatoms. The maximum atomic E-state index is 5.42. The molecule has 0 fully saturated rings. The van der Waals surface area contributed by atoms with Crippen molar-refractivity contribution in [3.8, 4) is 5.75 Å². The Morgan fingerprint density at radius 2 is 2.05 bits per heavy atom. The van der Waals surface area contributed by atoms with Gasteiger partial charge in [-0.1, -0.05) is 31.5 Å². The average molecular weight is 283 g/mol. The lowest BCUT2D eigenvalue weighted by molar-refractivity contribution is 0.410. The molecule has 0 spiro atoms. The van der Waals surface area contributed by atoms with E-state index in [1.807, 2.05) is 18.2 Å². The monoisotopic (exact) mass is 283 g/mol. The Hall–Kier alpha value is -1.94. The van der Waals surface area contributed by atoms with Crippen LogP contribution in [0.15, 0.2) is 24.3 Å². The summed E-state index contributed by atoms with van der Waals surface area (Å²) in [7, 11) is 1.70. The second kappa shape index (κ2) is 6.22. The minimum absolute atomic E-state index is 0.716. The first-order chi connectivity index (χ1) is 10.3. The smallest absolute Gasteiger partial charge is 0.133 e. The zero-order chi connectivity index (χ0) is 14.7. The Kier molecular flexibility index (Phi) is 4.15. The minimum atomic E-state index is 0.716. The summed E-state index contributed by atoms with van der Waals surface area (Å²) >= 11 is 0. The number of nitrogens with zero attached hydrogens (tertiary/aromatic N) is 2. The van der Waals surface area contributed by atoms with Crippen LogP contribution < -0.4 is 10.1 Å². The first-order valence-corrected chi connectivity index (χ1v) is 7.52. The van der Waals surface area contributed by atoms with Crippen LogP contribution in [0.4, 0.5) is 0 Å². The van der Waals surface area contributed by atoms with Gasteiger partial charge in [-0.05, 0) is 12.5 Å². The highest BCUT2D eigenvalue weighted by Gasteiger charge is 2.18. The van der Waals surface area contributed by atoms with Gasteiger partial charge in [0, 0.05) is 36.3 Å². The number of para-hydroxylation sites is 1. The third-order valence-corrected chi connectivity index (χ3v) is 3.85. The third kappa shape index (κ3) is 2.90. The van der Waals surface area contributed by atoms with E-state index in [0.29, 0.717) is 6.42 Å². The lowest BCUT2D eigenvalue weighted by Gasteiger charge is -2.11. The minimum Gasteiger partial charge on any atom is -0.496 e. The van der Waals surface area contributed by atoms with Crippen LogP contribution in [-0.2, 0) is 25.9 Å². The molecule has 2 heterocycles. The predicted octanol–water partition coefficient (Wildman–Crippen LogP) is 2.63. The number of methoxy groups -OCH3 is 1. The normalized spacial score (nSPS) is 13.2. The second-order valence-corrected chi connectivity index (χ2v) is 5.35. The van der Waals surface area contributed by atoms with E-state index < -0.39 is 0 Å². The van der Waals surface area contributed by atoms with E-state index in [0.717, 1.165) is 43.1 Å². The number of hydrogen-bond acceptors (Lipinski definition) is 4. The summed E-state index contributed by atoms with van der Waals surface area (Å²) in [5.41, 5.74) is 4.81. The standard InChI is InChI=1S/C17H21N3O/c1-3-6-14-13-10-18-11-15(13)20-17(19-14)9-12-7-4-5-8-16(12)21-2/h4-5,7-8,18H,3,6,9-11H2,1-2H3. The molecule has 3 rings (SSSR count). The summed E-state index contributed by atoms with van der Waals surface area (Å²) in [6, 6.07) is 8.07. The lowest BCUT2D eigenvalue weighted by atomic mass is 10.1. The van der Waals surface area contributed by atoms with E-state index in [9.17, 15) is 0 Å². The Bertz CT molecular complexity index is 640. The van der Waals surface area contributed by atoms with E-state index in [1.165, 1.54) is 17.0 Å². The van der Waals surface area contributed by atoms with Crippen molar-refractivity contribution in [2.45, 2.75) is 39.3 Å². The topological polar surface area (TPSA) is 47.0 Å². The largest absolute Gasteiger partial charge is 0.496 e. The molecule has 21 heavy (non-hydrogen) atoms. The number of fused-ring (bicyclic) bond motifs is 1. The fourth-order valence-corrected chi connectivity index (χ4v) is 2.84. The van der Waals surface area contributed by atoms with Crippen LogP contribution in [0.25, 0.3) is 0 Å². The SMILES string of the molecule is CCCc1nc(Cc2ccccc2OC)nc2c1CNC2. The van der Waals surface area contributed by atoms with Gasteiger partial charge in [-0.3, -0.25) is 0 Å². The fourth-order valence-electron chi connectivity index (χ4n) is 2.84. The van der Waals surface area contributed by atoms with E-state index in [1.54, 1.807) is 7.11 Å². The summed E-state index contributed by atoms with van der Waals surface area (Å²) in [6.07, 6.45) is 2.84. The molecule has 0 bridgehead atoms. The number of nitrogens with one attached hydrogen (secondary N) is 1. The van der Waals surface area contributed by atoms with Crippen molar-refractivity contribution in [2.24, 2.45) is 0 Å². The van der Waals surface area contributed by atoms with Crippen LogP contribution in [-0.4, -0.2) is 17.1 Å². The van der Waals surface area contributed by atoms with E-state index >= 15 is 0 Å². The number of benzene rings is 1. The molecule has 1 aliphatic rings. The summed E-state index contributed by atoms with van der Waals surface area (Å²) < 4.78 is 5.42. The molecule has 0 atom stereocenters. The highest BCUT2D eigenvalue weighted by molar-refractivity contribution is 5.36. The molecule has 0 saturated carbocycles. The van der Waals surface area contributed by atoms with Crippen molar-refractivity contribution in [1.82, 2.24) is 15.3 Å². The van der Waals surface area contributed by atoms with Crippen LogP contribution in [0.5, 0.6) is 5.75 Å². The van der Waals surface area contributed by atoms with Gasteiger partial charge in [-0.2, -0.15) is 0 Å². The lowest BCUT2D eigenvalue weighted by Crippen LogP contribution is -2.07. The molecule has 0 unspecified atom stereocenters. The predicted molar refractivity (Wildman–Crippen MR) is 82.4 cm³/mol. The molecule has 1 aliphatic heterocycles. The zero-order valence-electron chi connectivity index (χ0n) is 12.6. The fraction of sp³-hybridized carbons (Fsp3) is 0.412. The molecular formula is C17H21N3O. The third-order valence-electron chi connectivity index (χ3n) is 3.85. The van der Waals surface area contributed by atoms with Gasteiger partial charge >= 0.3 is 0 Å². The maximum Gasteiger partial charge on any atom is 0.133 e. The molecule has 1 aromatic carbocycles. The Balaban J connectivity index is 1.94. The quantitative estimate of drug-likeness (QED) is 0.916. The number of hydrogen-bond donors (Lipinski definition) is 1. The van der Waals surface area contributed by atoms with Crippen molar-refractivity contribution in [2.75, 3.05) is 7.11 Å². The molecule has 0 saturated heterocycles.